The van der Waals surface area contributed by atoms with E-state index in [4.69, 9.17) is 4.42 Å². The number of carbonyl (C=O) groups is 2. The Balaban J connectivity index is 1.66. The molecule has 3 heterocycles. The Morgan fingerprint density at radius 3 is 3.14 bits per heavy atom. The SMILES string of the molecule is COC(=O)CN1CCc2nc(NC(=O)c3ccco3)sc2C1. The van der Waals surface area contributed by atoms with E-state index < -0.39 is 0 Å². The second-order valence-electron chi connectivity index (χ2n) is 4.86. The van der Waals surface area contributed by atoms with Gasteiger partial charge in [-0.1, -0.05) is 0 Å². The van der Waals surface area contributed by atoms with Gasteiger partial charge in [0.25, 0.3) is 5.91 Å². The van der Waals surface area contributed by atoms with Crippen LogP contribution in [0.4, 0.5) is 5.13 Å². The molecule has 0 saturated heterocycles. The van der Waals surface area contributed by atoms with Gasteiger partial charge in [-0.25, -0.2) is 4.98 Å². The van der Waals surface area contributed by atoms with Crippen molar-refractivity contribution in [2.24, 2.45) is 0 Å². The molecule has 0 aliphatic carbocycles. The lowest BCUT2D eigenvalue weighted by atomic mass is 10.2. The lowest BCUT2D eigenvalue weighted by Crippen LogP contribution is -2.34. The molecule has 3 rings (SSSR count). The van der Waals surface area contributed by atoms with E-state index in [1.54, 1.807) is 12.1 Å². The van der Waals surface area contributed by atoms with Gasteiger partial charge in [-0.2, -0.15) is 0 Å². The molecular formula is C14H15N3O4S. The third-order valence-corrected chi connectivity index (χ3v) is 4.35. The molecular weight excluding hydrogens is 306 g/mol. The van der Waals surface area contributed by atoms with Crippen LogP contribution in [0.5, 0.6) is 0 Å². The van der Waals surface area contributed by atoms with E-state index >= 15 is 0 Å². The lowest BCUT2D eigenvalue weighted by molar-refractivity contribution is -0.142. The van der Waals surface area contributed by atoms with E-state index in [1.165, 1.54) is 24.7 Å². The molecule has 0 fully saturated rings. The molecule has 1 N–H and O–H groups in total. The molecule has 1 amide bonds. The highest BCUT2D eigenvalue weighted by atomic mass is 32.1. The standard InChI is InChI=1S/C14H15N3O4S/c1-20-12(18)8-17-5-4-9-11(7-17)22-14(15-9)16-13(19)10-3-2-6-21-10/h2-3,6H,4-5,7-8H2,1H3,(H,15,16,19). The summed E-state index contributed by atoms with van der Waals surface area (Å²) in [6.45, 7) is 1.65. The molecule has 7 nitrogen and oxygen atoms in total. The van der Waals surface area contributed by atoms with Crippen LogP contribution in [0, 0.1) is 0 Å². The molecule has 0 bridgehead atoms. The zero-order chi connectivity index (χ0) is 15.5. The summed E-state index contributed by atoms with van der Waals surface area (Å²) < 4.78 is 9.73. The number of amides is 1. The van der Waals surface area contributed by atoms with Gasteiger partial charge in [-0.15, -0.1) is 11.3 Å². The van der Waals surface area contributed by atoms with Gasteiger partial charge in [-0.3, -0.25) is 19.8 Å². The second kappa shape index (κ2) is 6.29. The normalized spacial score (nSPS) is 14.4. The van der Waals surface area contributed by atoms with Crippen molar-refractivity contribution in [1.82, 2.24) is 9.88 Å². The fraction of sp³-hybridized carbons (Fsp3) is 0.357. The molecule has 8 heteroatoms. The summed E-state index contributed by atoms with van der Waals surface area (Å²) >= 11 is 1.42. The van der Waals surface area contributed by atoms with Crippen molar-refractivity contribution in [2.45, 2.75) is 13.0 Å². The molecule has 2 aromatic heterocycles. The van der Waals surface area contributed by atoms with E-state index in [-0.39, 0.29) is 24.2 Å². The number of nitrogens with one attached hydrogen (secondary N) is 1. The first kappa shape index (κ1) is 14.7. The zero-order valence-corrected chi connectivity index (χ0v) is 12.8. The minimum absolute atomic E-state index is 0.250. The van der Waals surface area contributed by atoms with Gasteiger partial charge >= 0.3 is 5.97 Å². The fourth-order valence-electron chi connectivity index (χ4n) is 2.25. The fourth-order valence-corrected chi connectivity index (χ4v) is 3.30. The van der Waals surface area contributed by atoms with Gasteiger partial charge < -0.3 is 9.15 Å². The largest absolute Gasteiger partial charge is 0.468 e. The summed E-state index contributed by atoms with van der Waals surface area (Å²) in [5.41, 5.74) is 0.973. The average molecular weight is 321 g/mol. The number of fused-ring (bicyclic) bond motifs is 1. The van der Waals surface area contributed by atoms with Gasteiger partial charge in [0.05, 0.1) is 25.6 Å². The molecule has 1 aliphatic rings. The number of rotatable bonds is 4. The summed E-state index contributed by atoms with van der Waals surface area (Å²) in [5.74, 6) is -0.317. The molecule has 0 unspecified atom stereocenters. The van der Waals surface area contributed by atoms with Gasteiger partial charge in [0.1, 0.15) is 0 Å². The lowest BCUT2D eigenvalue weighted by Gasteiger charge is -2.24. The van der Waals surface area contributed by atoms with Crippen LogP contribution < -0.4 is 5.32 Å². The number of hydrogen-bond acceptors (Lipinski definition) is 7. The number of esters is 1. The van der Waals surface area contributed by atoms with Gasteiger partial charge in [0.15, 0.2) is 10.9 Å². The van der Waals surface area contributed by atoms with Crippen LogP contribution in [-0.4, -0.2) is 42.0 Å². The number of furan rings is 1. The van der Waals surface area contributed by atoms with E-state index in [0.29, 0.717) is 11.7 Å². The van der Waals surface area contributed by atoms with Crippen LogP contribution in [0.25, 0.3) is 0 Å². The van der Waals surface area contributed by atoms with Crippen molar-refractivity contribution in [3.63, 3.8) is 0 Å². The monoisotopic (exact) mass is 321 g/mol. The maximum absolute atomic E-state index is 11.9. The first-order chi connectivity index (χ1) is 10.7. The molecule has 116 valence electrons. The number of nitrogens with zero attached hydrogens (tertiary/aromatic N) is 2. The number of aromatic nitrogens is 1. The molecule has 0 aromatic carbocycles. The van der Waals surface area contributed by atoms with Crippen LogP contribution in [0.3, 0.4) is 0 Å². The summed E-state index contributed by atoms with van der Waals surface area (Å²) in [5, 5.41) is 3.28. The van der Waals surface area contributed by atoms with E-state index in [9.17, 15) is 9.59 Å². The number of carbonyl (C=O) groups excluding carboxylic acids is 2. The molecule has 0 saturated carbocycles. The summed E-state index contributed by atoms with van der Waals surface area (Å²) in [6, 6.07) is 3.26. The quantitative estimate of drug-likeness (QED) is 0.860. The molecule has 0 spiro atoms. The minimum atomic E-state index is -0.317. The third kappa shape index (κ3) is 3.18. The Kier molecular flexibility index (Phi) is 4.21. The summed E-state index contributed by atoms with van der Waals surface area (Å²) in [6.07, 6.45) is 2.20. The van der Waals surface area contributed by atoms with Crippen LogP contribution in [0.2, 0.25) is 0 Å². The number of ether oxygens (including phenoxy) is 1. The molecule has 2 aromatic rings. The highest BCUT2D eigenvalue weighted by Gasteiger charge is 2.23. The topological polar surface area (TPSA) is 84.7 Å². The molecule has 0 radical (unpaired) electrons. The van der Waals surface area contributed by atoms with Crippen molar-refractivity contribution in [3.8, 4) is 0 Å². The highest BCUT2D eigenvalue weighted by Crippen LogP contribution is 2.28. The van der Waals surface area contributed by atoms with Crippen molar-refractivity contribution in [3.05, 3.63) is 34.7 Å². The summed E-state index contributed by atoms with van der Waals surface area (Å²) in [7, 11) is 1.38. The predicted molar refractivity (Wildman–Crippen MR) is 79.8 cm³/mol. The predicted octanol–water partition coefficient (Wildman–Crippen LogP) is 1.52. The van der Waals surface area contributed by atoms with Crippen molar-refractivity contribution >= 4 is 28.3 Å². The Morgan fingerprint density at radius 1 is 1.55 bits per heavy atom. The molecule has 1 aliphatic heterocycles. The first-order valence-electron chi connectivity index (χ1n) is 6.78. The minimum Gasteiger partial charge on any atom is -0.468 e. The van der Waals surface area contributed by atoms with Crippen molar-refractivity contribution in [2.75, 3.05) is 25.5 Å². The average Bonchev–Trinajstić information content (AvgIpc) is 3.15. The van der Waals surface area contributed by atoms with Crippen LogP contribution in [0.1, 0.15) is 21.1 Å². The zero-order valence-electron chi connectivity index (χ0n) is 12.0. The summed E-state index contributed by atoms with van der Waals surface area (Å²) in [4.78, 5) is 30.8. The van der Waals surface area contributed by atoms with Crippen molar-refractivity contribution < 1.29 is 18.7 Å². The third-order valence-electron chi connectivity index (χ3n) is 3.36. The van der Waals surface area contributed by atoms with Crippen molar-refractivity contribution in [1.29, 1.82) is 0 Å². The maximum atomic E-state index is 11.9. The highest BCUT2D eigenvalue weighted by molar-refractivity contribution is 7.15. The maximum Gasteiger partial charge on any atom is 0.319 e. The molecule has 0 atom stereocenters. The number of hydrogen-bond donors (Lipinski definition) is 1. The van der Waals surface area contributed by atoms with E-state index in [0.717, 1.165) is 23.5 Å². The second-order valence-corrected chi connectivity index (χ2v) is 5.94. The number of thiazole rings is 1. The Labute approximate surface area is 130 Å². The van der Waals surface area contributed by atoms with Gasteiger partial charge in [0, 0.05) is 24.4 Å². The van der Waals surface area contributed by atoms with E-state index in [2.05, 4.69) is 15.0 Å². The first-order valence-corrected chi connectivity index (χ1v) is 7.60. The smallest absolute Gasteiger partial charge is 0.319 e. The number of methoxy groups -OCH3 is 1. The Hall–Kier alpha value is -2.19. The van der Waals surface area contributed by atoms with Gasteiger partial charge in [-0.05, 0) is 12.1 Å². The van der Waals surface area contributed by atoms with Gasteiger partial charge in [0.2, 0.25) is 0 Å². The molecule has 22 heavy (non-hydrogen) atoms. The van der Waals surface area contributed by atoms with E-state index in [1.807, 2.05) is 4.90 Å². The van der Waals surface area contributed by atoms with Crippen LogP contribution in [0.15, 0.2) is 22.8 Å². The Bertz CT molecular complexity index is 680. The van der Waals surface area contributed by atoms with Crippen LogP contribution in [-0.2, 0) is 22.5 Å². The Morgan fingerprint density at radius 2 is 2.41 bits per heavy atom. The van der Waals surface area contributed by atoms with Crippen LogP contribution >= 0.6 is 11.3 Å². The number of anilines is 1.